The molecule has 0 aromatic heterocycles. The third kappa shape index (κ3) is 5.08. The largest absolute Gasteiger partial charge is 0.315 e. The van der Waals surface area contributed by atoms with E-state index in [1.54, 1.807) is 0 Å². The van der Waals surface area contributed by atoms with Gasteiger partial charge in [-0.1, -0.05) is 12.2 Å². The molecule has 2 rings (SSSR count). The van der Waals surface area contributed by atoms with Crippen molar-refractivity contribution in [3.63, 3.8) is 0 Å². The summed E-state index contributed by atoms with van der Waals surface area (Å²) in [6, 6.07) is 0.777. The lowest BCUT2D eigenvalue weighted by atomic mass is 9.93. The highest BCUT2D eigenvalue weighted by molar-refractivity contribution is 4.92. The molecule has 0 aromatic rings. The topological polar surface area (TPSA) is 18.5 Å². The number of allylic oxidation sites excluding steroid dienone is 2. The number of hydrogen-bond acceptors (Lipinski definition) is 3. The quantitative estimate of drug-likeness (QED) is 0.760. The number of nitrogens with zero attached hydrogens (tertiary/aromatic N) is 2. The van der Waals surface area contributed by atoms with Crippen molar-refractivity contribution in [3.05, 3.63) is 12.2 Å². The van der Waals surface area contributed by atoms with Crippen LogP contribution >= 0.6 is 0 Å². The van der Waals surface area contributed by atoms with E-state index in [1.807, 2.05) is 0 Å². The first kappa shape index (κ1) is 17.0. The molecule has 0 saturated carbocycles. The third-order valence-electron chi connectivity index (χ3n) is 5.42. The summed E-state index contributed by atoms with van der Waals surface area (Å²) in [7, 11) is 4.43. The van der Waals surface area contributed by atoms with Crippen LogP contribution in [0.5, 0.6) is 0 Å². The SMILES string of the molecule is CN(C)C1CCN(C(C)(C)CNCC2CC=CCC2)CC1. The van der Waals surface area contributed by atoms with E-state index in [1.165, 1.54) is 51.7 Å². The summed E-state index contributed by atoms with van der Waals surface area (Å²) < 4.78 is 0. The first-order valence-corrected chi connectivity index (χ1v) is 8.76. The number of likely N-dealkylation sites (tertiary alicyclic amines) is 1. The van der Waals surface area contributed by atoms with Gasteiger partial charge < -0.3 is 10.2 Å². The Hall–Kier alpha value is -0.380. The fraction of sp³-hybridized carbons (Fsp3) is 0.889. The van der Waals surface area contributed by atoms with Crippen molar-refractivity contribution in [2.75, 3.05) is 40.3 Å². The lowest BCUT2D eigenvalue weighted by molar-refractivity contribution is 0.0612. The van der Waals surface area contributed by atoms with Crippen LogP contribution < -0.4 is 5.32 Å². The van der Waals surface area contributed by atoms with E-state index in [4.69, 9.17) is 0 Å². The second-order valence-corrected chi connectivity index (χ2v) is 7.78. The van der Waals surface area contributed by atoms with Crippen LogP contribution in [0, 0.1) is 5.92 Å². The molecule has 1 saturated heterocycles. The minimum absolute atomic E-state index is 0.280. The summed E-state index contributed by atoms with van der Waals surface area (Å²) in [4.78, 5) is 5.07. The van der Waals surface area contributed by atoms with Gasteiger partial charge in [-0.25, -0.2) is 0 Å². The van der Waals surface area contributed by atoms with Gasteiger partial charge in [-0.3, -0.25) is 4.90 Å². The second-order valence-electron chi connectivity index (χ2n) is 7.78. The fourth-order valence-electron chi connectivity index (χ4n) is 3.72. The summed E-state index contributed by atoms with van der Waals surface area (Å²) in [6.07, 6.45) is 11.2. The molecule has 0 amide bonds. The van der Waals surface area contributed by atoms with Crippen LogP contribution in [-0.2, 0) is 0 Å². The Morgan fingerprint density at radius 1 is 1.14 bits per heavy atom. The van der Waals surface area contributed by atoms with Crippen LogP contribution in [0.1, 0.15) is 46.0 Å². The van der Waals surface area contributed by atoms with Gasteiger partial charge >= 0.3 is 0 Å². The Balaban J connectivity index is 1.70. The van der Waals surface area contributed by atoms with Gasteiger partial charge in [0.2, 0.25) is 0 Å². The van der Waals surface area contributed by atoms with Crippen LogP contribution in [0.25, 0.3) is 0 Å². The van der Waals surface area contributed by atoms with E-state index in [0.29, 0.717) is 0 Å². The van der Waals surface area contributed by atoms with Gasteiger partial charge in [-0.2, -0.15) is 0 Å². The molecule has 1 unspecified atom stereocenters. The molecule has 0 aromatic carbocycles. The zero-order chi connectivity index (χ0) is 15.3. The monoisotopic (exact) mass is 293 g/mol. The summed E-state index contributed by atoms with van der Waals surface area (Å²) in [5.74, 6) is 0.852. The molecule has 3 heteroatoms. The van der Waals surface area contributed by atoms with Crippen LogP contribution in [0.2, 0.25) is 0 Å². The Kier molecular flexibility index (Phi) is 6.27. The first-order chi connectivity index (χ1) is 9.99. The summed E-state index contributed by atoms with van der Waals surface area (Å²) in [5, 5.41) is 3.74. The van der Waals surface area contributed by atoms with Gasteiger partial charge in [0.05, 0.1) is 0 Å². The van der Waals surface area contributed by atoms with Crippen molar-refractivity contribution in [2.24, 2.45) is 5.92 Å². The van der Waals surface area contributed by atoms with Crippen molar-refractivity contribution >= 4 is 0 Å². The fourth-order valence-corrected chi connectivity index (χ4v) is 3.72. The lowest BCUT2D eigenvalue weighted by Crippen LogP contribution is -2.55. The molecular weight excluding hydrogens is 258 g/mol. The molecule has 1 aliphatic heterocycles. The predicted octanol–water partition coefficient (Wildman–Crippen LogP) is 2.74. The average molecular weight is 293 g/mol. The summed E-state index contributed by atoms with van der Waals surface area (Å²) in [5.41, 5.74) is 0.280. The molecule has 1 aliphatic carbocycles. The van der Waals surface area contributed by atoms with Crippen molar-refractivity contribution in [1.82, 2.24) is 15.1 Å². The number of nitrogens with one attached hydrogen (secondary N) is 1. The number of piperidine rings is 1. The molecule has 21 heavy (non-hydrogen) atoms. The van der Waals surface area contributed by atoms with Crippen LogP contribution in [-0.4, -0.2) is 61.7 Å². The maximum atomic E-state index is 3.74. The van der Waals surface area contributed by atoms with E-state index in [9.17, 15) is 0 Å². The van der Waals surface area contributed by atoms with Gasteiger partial charge in [0.1, 0.15) is 0 Å². The maximum Gasteiger partial charge on any atom is 0.0277 e. The zero-order valence-electron chi connectivity index (χ0n) is 14.6. The second kappa shape index (κ2) is 7.75. The van der Waals surface area contributed by atoms with Crippen LogP contribution in [0.15, 0.2) is 12.2 Å². The highest BCUT2D eigenvalue weighted by Gasteiger charge is 2.31. The molecule has 3 nitrogen and oxygen atoms in total. The predicted molar refractivity (Wildman–Crippen MR) is 91.7 cm³/mol. The molecule has 1 heterocycles. The minimum Gasteiger partial charge on any atom is -0.315 e. The summed E-state index contributed by atoms with van der Waals surface area (Å²) in [6.45, 7) is 9.57. The minimum atomic E-state index is 0.280. The smallest absolute Gasteiger partial charge is 0.0277 e. The van der Waals surface area contributed by atoms with Gasteiger partial charge in [0, 0.05) is 31.2 Å². The Morgan fingerprint density at radius 2 is 1.86 bits per heavy atom. The molecule has 0 spiro atoms. The van der Waals surface area contributed by atoms with Crippen LogP contribution in [0.3, 0.4) is 0 Å². The normalized spacial score (nSPS) is 25.7. The molecule has 0 radical (unpaired) electrons. The van der Waals surface area contributed by atoms with Crippen molar-refractivity contribution in [1.29, 1.82) is 0 Å². The number of rotatable bonds is 6. The van der Waals surface area contributed by atoms with Gasteiger partial charge in [0.15, 0.2) is 0 Å². The molecule has 1 atom stereocenters. The van der Waals surface area contributed by atoms with Crippen molar-refractivity contribution in [3.8, 4) is 0 Å². The first-order valence-electron chi connectivity index (χ1n) is 8.76. The molecule has 1 fully saturated rings. The average Bonchev–Trinajstić information content (AvgIpc) is 2.48. The molecule has 2 aliphatic rings. The zero-order valence-corrected chi connectivity index (χ0v) is 14.6. The van der Waals surface area contributed by atoms with Crippen molar-refractivity contribution in [2.45, 2.75) is 57.5 Å². The Morgan fingerprint density at radius 3 is 2.43 bits per heavy atom. The summed E-state index contributed by atoms with van der Waals surface area (Å²) >= 11 is 0. The molecule has 0 bridgehead atoms. The number of hydrogen-bond donors (Lipinski definition) is 1. The van der Waals surface area contributed by atoms with E-state index in [0.717, 1.165) is 18.5 Å². The van der Waals surface area contributed by atoms with E-state index < -0.39 is 0 Å². The van der Waals surface area contributed by atoms with E-state index in [2.05, 4.69) is 55.2 Å². The lowest BCUT2D eigenvalue weighted by Gasteiger charge is -2.44. The maximum absolute atomic E-state index is 3.74. The van der Waals surface area contributed by atoms with E-state index >= 15 is 0 Å². The molecule has 1 N–H and O–H groups in total. The van der Waals surface area contributed by atoms with Crippen molar-refractivity contribution < 1.29 is 0 Å². The Labute approximate surface area is 131 Å². The van der Waals surface area contributed by atoms with Gasteiger partial charge in [-0.05, 0) is 72.5 Å². The van der Waals surface area contributed by atoms with Gasteiger partial charge in [0.25, 0.3) is 0 Å². The molecular formula is C18H35N3. The van der Waals surface area contributed by atoms with E-state index in [-0.39, 0.29) is 5.54 Å². The Bertz CT molecular complexity index is 327. The highest BCUT2D eigenvalue weighted by atomic mass is 15.2. The molecule has 122 valence electrons. The third-order valence-corrected chi connectivity index (χ3v) is 5.42. The van der Waals surface area contributed by atoms with Gasteiger partial charge in [-0.15, -0.1) is 0 Å². The standard InChI is InChI=1S/C18H35N3/c1-18(2,15-19-14-16-8-6-5-7-9-16)21-12-10-17(11-13-21)20(3)4/h5-6,16-17,19H,7-15H2,1-4H3. The van der Waals surface area contributed by atoms with Crippen LogP contribution in [0.4, 0.5) is 0 Å². The highest BCUT2D eigenvalue weighted by Crippen LogP contribution is 2.22.